The van der Waals surface area contributed by atoms with Crippen LogP contribution in [0.25, 0.3) is 10.9 Å². The number of amides is 2. The first-order valence-electron chi connectivity index (χ1n) is 14.5. The van der Waals surface area contributed by atoms with Crippen LogP contribution in [0.1, 0.15) is 49.7 Å². The van der Waals surface area contributed by atoms with Crippen LogP contribution in [0.15, 0.2) is 60.8 Å². The Bertz CT molecular complexity index is 1340. The van der Waals surface area contributed by atoms with E-state index in [1.54, 1.807) is 0 Å². The predicted molar refractivity (Wildman–Crippen MR) is 151 cm³/mol. The first-order chi connectivity index (χ1) is 19.4. The van der Waals surface area contributed by atoms with E-state index in [-0.39, 0.29) is 18.9 Å². The molecule has 4 bridgehead atoms. The molecule has 4 saturated carbocycles. The summed E-state index contributed by atoms with van der Waals surface area (Å²) in [6, 6.07) is 15.7. The average molecular weight is 544 g/mol. The minimum atomic E-state index is -0.997. The summed E-state index contributed by atoms with van der Waals surface area (Å²) in [6.45, 7) is 0. The Balaban J connectivity index is 1.19. The van der Waals surface area contributed by atoms with Gasteiger partial charge in [0.1, 0.15) is 12.1 Å². The first kappa shape index (κ1) is 26.4. The number of carboxylic acids is 1. The van der Waals surface area contributed by atoms with Crippen molar-refractivity contribution in [2.75, 3.05) is 0 Å². The van der Waals surface area contributed by atoms with E-state index in [4.69, 9.17) is 4.74 Å². The second-order valence-electron chi connectivity index (χ2n) is 12.1. The fourth-order valence-corrected chi connectivity index (χ4v) is 7.68. The zero-order valence-corrected chi connectivity index (χ0v) is 22.6. The SMILES string of the molecule is O=C(O)C[C@H](Cc1ccccc1)NC(=O)[C@@H](Cc1c[nH]c2ccccc12)NC(=O)OC1C2CC3CC(C2)CC1C3. The fourth-order valence-electron chi connectivity index (χ4n) is 7.68. The van der Waals surface area contributed by atoms with Gasteiger partial charge in [0.15, 0.2) is 0 Å². The standard InChI is InChI=1S/C32H37N3O5/c36-29(37)17-25(15-19-6-2-1-3-7-19)34-31(38)28(16-24-18-33-27-9-5-4-8-26(24)27)35-32(39)40-30-22-11-20-10-21(13-22)14-23(30)12-20/h1-9,18,20-23,25,28,30,33H,10-17H2,(H,34,38)(H,35,39)(H,36,37)/t20?,21?,22?,23?,25-,28+,30?/m0/s1. The Morgan fingerprint density at radius 3 is 2.25 bits per heavy atom. The number of H-pyrrole nitrogens is 1. The van der Waals surface area contributed by atoms with Gasteiger partial charge in [-0.1, -0.05) is 48.5 Å². The zero-order chi connectivity index (χ0) is 27.6. The van der Waals surface area contributed by atoms with E-state index in [0.29, 0.717) is 18.3 Å². The zero-order valence-electron chi connectivity index (χ0n) is 22.6. The molecular formula is C32H37N3O5. The summed E-state index contributed by atoms with van der Waals surface area (Å²) in [7, 11) is 0. The monoisotopic (exact) mass is 543 g/mol. The number of aliphatic carboxylic acids is 1. The van der Waals surface area contributed by atoms with Gasteiger partial charge in [0, 0.05) is 29.6 Å². The molecule has 0 spiro atoms. The number of carbonyl (C=O) groups is 3. The van der Waals surface area contributed by atoms with Crippen molar-refractivity contribution in [3.63, 3.8) is 0 Å². The van der Waals surface area contributed by atoms with Gasteiger partial charge in [-0.2, -0.15) is 0 Å². The van der Waals surface area contributed by atoms with Crippen LogP contribution in [0.3, 0.4) is 0 Å². The summed E-state index contributed by atoms with van der Waals surface area (Å²) >= 11 is 0. The number of aromatic amines is 1. The Labute approximate surface area is 233 Å². The van der Waals surface area contributed by atoms with Gasteiger partial charge in [0.05, 0.1) is 6.42 Å². The minimum absolute atomic E-state index is 0.0950. The van der Waals surface area contributed by atoms with Crippen LogP contribution in [-0.2, 0) is 27.2 Å². The highest BCUT2D eigenvalue weighted by atomic mass is 16.6. The second-order valence-corrected chi connectivity index (χ2v) is 12.1. The third-order valence-corrected chi connectivity index (χ3v) is 9.18. The molecule has 0 aliphatic heterocycles. The van der Waals surface area contributed by atoms with E-state index >= 15 is 0 Å². The third-order valence-electron chi connectivity index (χ3n) is 9.18. The van der Waals surface area contributed by atoms with Crippen molar-refractivity contribution in [3.05, 3.63) is 71.9 Å². The van der Waals surface area contributed by atoms with Crippen molar-refractivity contribution in [2.24, 2.45) is 23.7 Å². The molecule has 4 aliphatic rings. The second kappa shape index (κ2) is 11.4. The molecule has 210 valence electrons. The number of carbonyl (C=O) groups excluding carboxylic acids is 2. The van der Waals surface area contributed by atoms with Gasteiger partial charge in [0.25, 0.3) is 0 Å². The molecule has 0 radical (unpaired) electrons. The Hall–Kier alpha value is -3.81. The number of aromatic nitrogens is 1. The van der Waals surface area contributed by atoms with Gasteiger partial charge in [-0.05, 0) is 79.4 Å². The molecule has 4 fully saturated rings. The van der Waals surface area contributed by atoms with Crippen LogP contribution in [0.5, 0.6) is 0 Å². The number of benzene rings is 2. The van der Waals surface area contributed by atoms with Crippen molar-refractivity contribution in [2.45, 2.75) is 69.6 Å². The van der Waals surface area contributed by atoms with Gasteiger partial charge in [-0.3, -0.25) is 9.59 Å². The molecule has 8 heteroatoms. The summed E-state index contributed by atoms with van der Waals surface area (Å²) in [6.07, 6.45) is 7.40. The van der Waals surface area contributed by atoms with Crippen molar-refractivity contribution < 1.29 is 24.2 Å². The number of hydrogen-bond acceptors (Lipinski definition) is 4. The lowest BCUT2D eigenvalue weighted by atomic mass is 9.55. The molecule has 2 aromatic carbocycles. The molecule has 40 heavy (non-hydrogen) atoms. The highest BCUT2D eigenvalue weighted by Gasteiger charge is 2.50. The molecule has 8 nitrogen and oxygen atoms in total. The van der Waals surface area contributed by atoms with Crippen LogP contribution >= 0.6 is 0 Å². The Kier molecular flexibility index (Phi) is 7.50. The summed E-state index contributed by atoms with van der Waals surface area (Å²) in [5.74, 6) is 0.934. The number of rotatable bonds is 10. The normalized spacial score (nSPS) is 26.2. The maximum atomic E-state index is 13.7. The van der Waals surface area contributed by atoms with E-state index < -0.39 is 30.1 Å². The molecule has 7 rings (SSSR count). The molecule has 0 saturated heterocycles. The van der Waals surface area contributed by atoms with E-state index in [0.717, 1.165) is 59.5 Å². The lowest BCUT2D eigenvalue weighted by molar-refractivity contribution is -0.137. The molecular weight excluding hydrogens is 506 g/mol. The van der Waals surface area contributed by atoms with E-state index in [1.165, 1.54) is 6.42 Å². The lowest BCUT2D eigenvalue weighted by Gasteiger charge is -2.53. The molecule has 1 aromatic heterocycles. The molecule has 2 amide bonds. The maximum absolute atomic E-state index is 13.7. The lowest BCUT2D eigenvalue weighted by Crippen LogP contribution is -2.54. The van der Waals surface area contributed by atoms with Gasteiger partial charge in [0.2, 0.25) is 5.91 Å². The van der Waals surface area contributed by atoms with Gasteiger partial charge < -0.3 is 25.5 Å². The van der Waals surface area contributed by atoms with Gasteiger partial charge in [-0.15, -0.1) is 0 Å². The van der Waals surface area contributed by atoms with Crippen LogP contribution < -0.4 is 10.6 Å². The summed E-state index contributed by atoms with van der Waals surface area (Å²) in [5.41, 5.74) is 2.76. The number of ether oxygens (including phenoxy) is 1. The van der Waals surface area contributed by atoms with Crippen molar-refractivity contribution in [1.29, 1.82) is 0 Å². The number of nitrogens with one attached hydrogen (secondary N) is 3. The van der Waals surface area contributed by atoms with Crippen LogP contribution in [0.4, 0.5) is 4.79 Å². The maximum Gasteiger partial charge on any atom is 0.408 e. The molecule has 3 aromatic rings. The first-order valence-corrected chi connectivity index (χ1v) is 14.5. The number of alkyl carbamates (subject to hydrolysis) is 1. The third kappa shape index (κ3) is 5.86. The predicted octanol–water partition coefficient (Wildman–Crippen LogP) is 4.83. The number of hydrogen-bond donors (Lipinski definition) is 4. The van der Waals surface area contributed by atoms with Crippen LogP contribution in [-0.4, -0.2) is 46.2 Å². The molecule has 0 unspecified atom stereocenters. The van der Waals surface area contributed by atoms with Crippen molar-refractivity contribution in [1.82, 2.24) is 15.6 Å². The van der Waals surface area contributed by atoms with Gasteiger partial charge in [-0.25, -0.2) is 4.79 Å². The van der Waals surface area contributed by atoms with Crippen LogP contribution in [0.2, 0.25) is 0 Å². The topological polar surface area (TPSA) is 121 Å². The highest BCUT2D eigenvalue weighted by Crippen LogP contribution is 2.54. The number of fused-ring (bicyclic) bond motifs is 1. The highest BCUT2D eigenvalue weighted by molar-refractivity contribution is 5.88. The van der Waals surface area contributed by atoms with E-state index in [2.05, 4.69) is 15.6 Å². The number of carboxylic acid groups (broad SMARTS) is 1. The molecule has 2 atom stereocenters. The van der Waals surface area contributed by atoms with Crippen molar-refractivity contribution >= 4 is 28.9 Å². The number of para-hydroxylation sites is 1. The Morgan fingerprint density at radius 1 is 0.875 bits per heavy atom. The molecule has 4 aliphatic carbocycles. The summed E-state index contributed by atoms with van der Waals surface area (Å²) in [5, 5.41) is 16.3. The average Bonchev–Trinajstić information content (AvgIpc) is 3.33. The van der Waals surface area contributed by atoms with Crippen LogP contribution in [0, 0.1) is 23.7 Å². The largest absolute Gasteiger partial charge is 0.481 e. The van der Waals surface area contributed by atoms with Gasteiger partial charge >= 0.3 is 12.1 Å². The molecule has 1 heterocycles. The quantitative estimate of drug-likeness (QED) is 0.292. The van der Waals surface area contributed by atoms with E-state index in [1.807, 2.05) is 60.8 Å². The summed E-state index contributed by atoms with van der Waals surface area (Å²) < 4.78 is 6.05. The smallest absolute Gasteiger partial charge is 0.408 e. The summed E-state index contributed by atoms with van der Waals surface area (Å²) in [4.78, 5) is 41.8. The van der Waals surface area contributed by atoms with Crippen molar-refractivity contribution in [3.8, 4) is 0 Å². The minimum Gasteiger partial charge on any atom is -0.481 e. The Morgan fingerprint density at radius 2 is 1.55 bits per heavy atom. The molecule has 4 N–H and O–H groups in total. The van der Waals surface area contributed by atoms with E-state index in [9.17, 15) is 19.5 Å². The fraction of sp³-hybridized carbons (Fsp3) is 0.469.